The van der Waals surface area contributed by atoms with E-state index in [1.165, 1.54) is 6.07 Å². The van der Waals surface area contributed by atoms with E-state index in [9.17, 15) is 22.8 Å². The van der Waals surface area contributed by atoms with Crippen molar-refractivity contribution in [3.8, 4) is 0 Å². The van der Waals surface area contributed by atoms with Crippen LogP contribution in [0, 0.1) is 0 Å². The number of nitrogens with zero attached hydrogens (tertiary/aromatic N) is 1. The number of hydrogen-bond donors (Lipinski definition) is 3. The highest BCUT2D eigenvalue weighted by molar-refractivity contribution is 5.97. The highest BCUT2D eigenvalue weighted by Crippen LogP contribution is 2.36. The molecule has 0 bridgehead atoms. The molecule has 1 fully saturated rings. The Balaban J connectivity index is 0.00000338. The molecule has 1 aliphatic rings. The van der Waals surface area contributed by atoms with Crippen molar-refractivity contribution >= 4 is 48.0 Å². The lowest BCUT2D eigenvalue weighted by molar-refractivity contribution is -0.137. The van der Waals surface area contributed by atoms with Gasteiger partial charge in [-0.15, -0.1) is 24.8 Å². The van der Waals surface area contributed by atoms with Crippen LogP contribution in [0.15, 0.2) is 18.2 Å². The largest absolute Gasteiger partial charge is 0.416 e. The summed E-state index contributed by atoms with van der Waals surface area (Å²) in [6.07, 6.45) is -1.54. The topological polar surface area (TPSA) is 87.5 Å². The molecule has 27 heavy (non-hydrogen) atoms. The summed E-state index contributed by atoms with van der Waals surface area (Å²) < 4.78 is 38.9. The van der Waals surface area contributed by atoms with Gasteiger partial charge in [0.2, 0.25) is 11.8 Å². The van der Waals surface area contributed by atoms with Crippen LogP contribution in [-0.4, -0.2) is 38.0 Å². The second-order valence-corrected chi connectivity index (χ2v) is 5.81. The van der Waals surface area contributed by atoms with Crippen molar-refractivity contribution in [2.75, 3.05) is 36.4 Å². The molecule has 11 heteroatoms. The number of nitrogens with two attached hydrogens (primary N) is 1. The number of benzene rings is 1. The Morgan fingerprint density at radius 2 is 1.70 bits per heavy atom. The molecule has 0 atom stereocenters. The predicted molar refractivity (Wildman–Crippen MR) is 103 cm³/mol. The zero-order valence-corrected chi connectivity index (χ0v) is 16.1. The van der Waals surface area contributed by atoms with E-state index < -0.39 is 23.6 Å². The van der Waals surface area contributed by atoms with Crippen LogP contribution >= 0.6 is 24.8 Å². The average Bonchev–Trinajstić information content (AvgIpc) is 2.59. The van der Waals surface area contributed by atoms with E-state index in [0.29, 0.717) is 5.69 Å². The Kier molecular flexibility index (Phi) is 10.5. The Bertz CT molecular complexity index is 639. The Morgan fingerprint density at radius 1 is 1.07 bits per heavy atom. The Morgan fingerprint density at radius 3 is 2.26 bits per heavy atom. The Labute approximate surface area is 167 Å². The van der Waals surface area contributed by atoms with E-state index in [0.717, 1.165) is 44.5 Å². The molecule has 0 unspecified atom stereocenters. The molecule has 1 aromatic rings. The maximum Gasteiger partial charge on any atom is 0.416 e. The van der Waals surface area contributed by atoms with Crippen LogP contribution in [0.5, 0.6) is 0 Å². The molecular formula is C16H23Cl2F3N4O2. The molecule has 0 spiro atoms. The summed E-state index contributed by atoms with van der Waals surface area (Å²) in [7, 11) is 0. The molecule has 0 aromatic heterocycles. The molecule has 0 saturated carbocycles. The summed E-state index contributed by atoms with van der Waals surface area (Å²) in [5.74, 6) is -1.13. The number of hydrogen-bond acceptors (Lipinski definition) is 4. The highest BCUT2D eigenvalue weighted by atomic mass is 35.5. The van der Waals surface area contributed by atoms with Gasteiger partial charge in [0.15, 0.2) is 0 Å². The fourth-order valence-corrected chi connectivity index (χ4v) is 2.67. The number of anilines is 2. The average molecular weight is 431 g/mol. The molecule has 6 nitrogen and oxygen atoms in total. The monoisotopic (exact) mass is 430 g/mol. The zero-order valence-electron chi connectivity index (χ0n) is 14.5. The maximum atomic E-state index is 13.0. The molecule has 0 radical (unpaired) electrons. The van der Waals surface area contributed by atoms with E-state index in [-0.39, 0.29) is 43.6 Å². The summed E-state index contributed by atoms with van der Waals surface area (Å²) in [5.41, 5.74) is 4.92. The van der Waals surface area contributed by atoms with Crippen molar-refractivity contribution in [1.82, 2.24) is 5.32 Å². The van der Waals surface area contributed by atoms with E-state index in [4.69, 9.17) is 5.73 Å². The second kappa shape index (κ2) is 11.2. The fourth-order valence-electron chi connectivity index (χ4n) is 2.67. The van der Waals surface area contributed by atoms with Gasteiger partial charge >= 0.3 is 6.18 Å². The SMILES string of the molecule is Cl.Cl.NCC(=O)NCC(=O)Nc1cc(C(F)(F)F)ccc1N1CCCCC1. The second-order valence-electron chi connectivity index (χ2n) is 5.81. The highest BCUT2D eigenvalue weighted by Gasteiger charge is 2.31. The molecule has 1 aromatic carbocycles. The van der Waals surface area contributed by atoms with Crippen LogP contribution in [0.3, 0.4) is 0 Å². The Hall–Kier alpha value is -1.71. The van der Waals surface area contributed by atoms with Gasteiger partial charge in [-0.2, -0.15) is 13.2 Å². The van der Waals surface area contributed by atoms with Gasteiger partial charge in [-0.05, 0) is 37.5 Å². The third kappa shape index (κ3) is 7.43. The van der Waals surface area contributed by atoms with E-state index in [1.807, 2.05) is 4.90 Å². The van der Waals surface area contributed by atoms with Gasteiger partial charge < -0.3 is 21.3 Å². The van der Waals surface area contributed by atoms with Crippen LogP contribution in [0.4, 0.5) is 24.5 Å². The third-order valence-electron chi connectivity index (χ3n) is 3.93. The van der Waals surface area contributed by atoms with Crippen LogP contribution in [0.2, 0.25) is 0 Å². The predicted octanol–water partition coefficient (Wildman–Crippen LogP) is 2.55. The first-order valence-corrected chi connectivity index (χ1v) is 8.04. The lowest BCUT2D eigenvalue weighted by atomic mass is 10.1. The minimum Gasteiger partial charge on any atom is -0.370 e. The third-order valence-corrected chi connectivity index (χ3v) is 3.93. The number of alkyl halides is 3. The molecule has 0 aliphatic carbocycles. The number of piperidine rings is 1. The van der Waals surface area contributed by atoms with Gasteiger partial charge in [0.25, 0.3) is 0 Å². The number of halogens is 5. The molecule has 2 amide bonds. The molecule has 4 N–H and O–H groups in total. The lowest BCUT2D eigenvalue weighted by Gasteiger charge is -2.31. The summed E-state index contributed by atoms with van der Waals surface area (Å²) in [4.78, 5) is 25.0. The summed E-state index contributed by atoms with van der Waals surface area (Å²) in [5, 5.41) is 4.75. The van der Waals surface area contributed by atoms with Crippen molar-refractivity contribution in [3.05, 3.63) is 23.8 Å². The van der Waals surface area contributed by atoms with Gasteiger partial charge in [-0.25, -0.2) is 0 Å². The minimum atomic E-state index is -4.51. The van der Waals surface area contributed by atoms with E-state index >= 15 is 0 Å². The lowest BCUT2D eigenvalue weighted by Crippen LogP contribution is -2.37. The molecule has 1 saturated heterocycles. The molecule has 2 rings (SSSR count). The van der Waals surface area contributed by atoms with Crippen LogP contribution in [0.1, 0.15) is 24.8 Å². The van der Waals surface area contributed by atoms with Crippen LogP contribution in [-0.2, 0) is 15.8 Å². The normalized spacial score (nSPS) is 13.9. The van der Waals surface area contributed by atoms with Crippen molar-refractivity contribution < 1.29 is 22.8 Å². The van der Waals surface area contributed by atoms with Crippen molar-refractivity contribution in [2.24, 2.45) is 5.73 Å². The number of carbonyl (C=O) groups is 2. The molecule has 1 heterocycles. The summed E-state index contributed by atoms with van der Waals surface area (Å²) >= 11 is 0. The first kappa shape index (κ1) is 25.3. The number of carbonyl (C=O) groups excluding carboxylic acids is 2. The van der Waals surface area contributed by atoms with Crippen LogP contribution < -0.4 is 21.3 Å². The number of rotatable bonds is 5. The zero-order chi connectivity index (χ0) is 18.4. The van der Waals surface area contributed by atoms with Gasteiger partial charge in [-0.3, -0.25) is 9.59 Å². The standard InChI is InChI=1S/C16H21F3N4O2.2ClH/c17-16(18,19)11-4-5-13(23-6-2-1-3-7-23)12(8-11)22-15(25)10-21-14(24)9-20;;/h4-5,8H,1-3,6-7,9-10,20H2,(H,21,24)(H,22,25);2*1H. The summed E-state index contributed by atoms with van der Waals surface area (Å²) in [6.45, 7) is 0.817. The summed E-state index contributed by atoms with van der Waals surface area (Å²) in [6, 6.07) is 3.31. The smallest absolute Gasteiger partial charge is 0.370 e. The minimum absolute atomic E-state index is 0. The van der Waals surface area contributed by atoms with Crippen LogP contribution in [0.25, 0.3) is 0 Å². The molecule has 1 aliphatic heterocycles. The van der Waals surface area contributed by atoms with Gasteiger partial charge in [0, 0.05) is 13.1 Å². The van der Waals surface area contributed by atoms with Gasteiger partial charge in [0.05, 0.1) is 30.0 Å². The van der Waals surface area contributed by atoms with E-state index in [2.05, 4.69) is 10.6 Å². The maximum absolute atomic E-state index is 13.0. The van der Waals surface area contributed by atoms with Crippen molar-refractivity contribution in [1.29, 1.82) is 0 Å². The number of nitrogens with one attached hydrogen (secondary N) is 2. The van der Waals surface area contributed by atoms with Gasteiger partial charge in [0.1, 0.15) is 0 Å². The van der Waals surface area contributed by atoms with Crippen molar-refractivity contribution in [2.45, 2.75) is 25.4 Å². The van der Waals surface area contributed by atoms with Crippen molar-refractivity contribution in [3.63, 3.8) is 0 Å². The molecule has 154 valence electrons. The van der Waals surface area contributed by atoms with E-state index in [1.54, 1.807) is 0 Å². The van der Waals surface area contributed by atoms with Gasteiger partial charge in [-0.1, -0.05) is 0 Å². The fraction of sp³-hybridized carbons (Fsp3) is 0.500. The first-order valence-electron chi connectivity index (χ1n) is 8.04. The number of amides is 2. The molecular weight excluding hydrogens is 408 g/mol. The quantitative estimate of drug-likeness (QED) is 0.669. The first-order chi connectivity index (χ1) is 11.8.